The topological polar surface area (TPSA) is 711 Å². The minimum Gasteiger partial charge on any atom is -0.394 e. The highest BCUT2D eigenvalue weighted by molar-refractivity contribution is 5.74. The van der Waals surface area contributed by atoms with Crippen LogP contribution in [-0.2, 0) is 85.5 Å². The number of aliphatic hydroxyl groups excluding tert-OH is 23. The summed E-state index contributed by atoms with van der Waals surface area (Å²) in [6, 6.07) is -7.03. The average Bonchev–Trinajstić information content (AvgIpc) is 0.778. The van der Waals surface area contributed by atoms with Gasteiger partial charge in [-0.3, -0.25) is 19.2 Å². The Kier molecular flexibility index (Phi) is 31.7. The molecule has 7 heterocycles. The summed E-state index contributed by atoms with van der Waals surface area (Å²) in [5.41, 5.74) is 0. The van der Waals surface area contributed by atoms with Gasteiger partial charge in [-0.2, -0.15) is 0 Å². The number of hydrogen-bond donors (Lipinski definition) is 27. The van der Waals surface area contributed by atoms with Crippen molar-refractivity contribution in [2.75, 3.05) is 59.5 Å². The van der Waals surface area contributed by atoms with Crippen molar-refractivity contribution < 1.29 is 203 Å². The molecule has 7 fully saturated rings. The van der Waals surface area contributed by atoms with Gasteiger partial charge in [-0.25, -0.2) is 0 Å². The molecular formula is C56H96N4O41. The zero-order valence-corrected chi connectivity index (χ0v) is 54.5. The molecule has 101 heavy (non-hydrogen) atoms. The van der Waals surface area contributed by atoms with Crippen molar-refractivity contribution in [1.29, 1.82) is 0 Å². The van der Waals surface area contributed by atoms with E-state index in [9.17, 15) is 137 Å². The minimum absolute atomic E-state index is 0.832. The van der Waals surface area contributed by atoms with E-state index in [-0.39, 0.29) is 0 Å². The Hall–Kier alpha value is -3.60. The Bertz CT molecular complexity index is 2580. The molecule has 0 aromatic heterocycles. The van der Waals surface area contributed by atoms with E-state index >= 15 is 0 Å². The van der Waals surface area contributed by atoms with Crippen molar-refractivity contribution >= 4 is 23.6 Å². The molecule has 39 atom stereocenters. The lowest BCUT2D eigenvalue weighted by Gasteiger charge is -2.50. The van der Waals surface area contributed by atoms with Crippen molar-refractivity contribution in [2.45, 2.75) is 267 Å². The molecule has 7 aliphatic heterocycles. The van der Waals surface area contributed by atoms with Crippen LogP contribution < -0.4 is 21.3 Å². The fourth-order valence-corrected chi connectivity index (χ4v) is 12.5. The maximum Gasteiger partial charge on any atom is 0.217 e. The van der Waals surface area contributed by atoms with Gasteiger partial charge in [0.2, 0.25) is 23.6 Å². The average molecular weight is 1480 g/mol. The quantitative estimate of drug-likeness (QED) is 0.0318. The highest BCUT2D eigenvalue weighted by Gasteiger charge is 2.58. The molecule has 0 aromatic carbocycles. The second-order valence-corrected chi connectivity index (χ2v) is 25.2. The summed E-state index contributed by atoms with van der Waals surface area (Å²) in [6.45, 7) is -5.20. The molecule has 586 valence electrons. The molecule has 4 amide bonds. The summed E-state index contributed by atoms with van der Waals surface area (Å²) in [5.74, 6) is -3.46. The first kappa shape index (κ1) is 84.7. The van der Waals surface area contributed by atoms with E-state index in [1.807, 2.05) is 0 Å². The van der Waals surface area contributed by atoms with Crippen molar-refractivity contribution in [1.82, 2.24) is 21.3 Å². The molecule has 27 N–H and O–H groups in total. The van der Waals surface area contributed by atoms with E-state index < -0.39 is 322 Å². The molecule has 0 aliphatic carbocycles. The van der Waals surface area contributed by atoms with Crippen LogP contribution in [0.2, 0.25) is 0 Å². The fourth-order valence-electron chi connectivity index (χ4n) is 12.5. The minimum atomic E-state index is -2.37. The highest BCUT2D eigenvalue weighted by Crippen LogP contribution is 2.37. The highest BCUT2D eigenvalue weighted by atomic mass is 16.8. The third kappa shape index (κ3) is 19.8. The second kappa shape index (κ2) is 37.8. The number of ether oxygens (including phenoxy) is 14. The SMILES string of the molecule is CC(=O)N[C@H]1[C@H](OC[C@@H](O)[C@H](O)[C@H](O[C@@H]2O[C@H](CO[C@@H]3O[C@H](CO)[C@@H](O[C@@H]4O[C@H](CO)[C@H](O)[C@H](O[C@@H]5O[C@H](CO)[C@@H](O[C@@H]6O[C@H](CO)[C@H](O)[C@H](O)[C@H]6O)[C@H](O)[C@H]5NC(C)=O)[C@H]4O)[C@H](O)[C@H]3NC(C)=O)[C@H](O)[C@H](O)[C@H]2O)[C@H](CO)NC(C)=O)O[C@H](CO)[C@@H](O[C@@H]2O[C@H](CO)[C@H](O)[C@H](O)[C@H]2O)[C@@H]1O. The first-order valence-corrected chi connectivity index (χ1v) is 32.0. The first-order valence-electron chi connectivity index (χ1n) is 32.0. The largest absolute Gasteiger partial charge is 0.394 e. The summed E-state index contributed by atoms with van der Waals surface area (Å²) in [6.07, 6.45) is -68.7. The Balaban J connectivity index is 1.04. The van der Waals surface area contributed by atoms with Gasteiger partial charge in [-0.1, -0.05) is 0 Å². The third-order valence-corrected chi connectivity index (χ3v) is 17.9. The maximum atomic E-state index is 12.8. The van der Waals surface area contributed by atoms with Crippen LogP contribution in [0, 0.1) is 0 Å². The molecule has 0 spiro atoms. The number of hydrogen-bond acceptors (Lipinski definition) is 41. The summed E-state index contributed by atoms with van der Waals surface area (Å²) in [4.78, 5) is 50.2. The second-order valence-electron chi connectivity index (χ2n) is 25.2. The molecule has 45 nitrogen and oxygen atoms in total. The van der Waals surface area contributed by atoms with Crippen LogP contribution in [0.25, 0.3) is 0 Å². The molecule has 7 aliphatic rings. The lowest BCUT2D eigenvalue weighted by atomic mass is 9.94. The van der Waals surface area contributed by atoms with Gasteiger partial charge in [0, 0.05) is 27.7 Å². The summed E-state index contributed by atoms with van der Waals surface area (Å²) in [7, 11) is 0. The van der Waals surface area contributed by atoms with E-state index in [1.54, 1.807) is 0 Å². The number of rotatable bonds is 30. The number of carbonyl (C=O) groups is 4. The van der Waals surface area contributed by atoms with E-state index in [2.05, 4.69) is 21.3 Å². The van der Waals surface area contributed by atoms with Gasteiger partial charge in [0.15, 0.2) is 44.0 Å². The van der Waals surface area contributed by atoms with E-state index in [1.165, 1.54) is 0 Å². The van der Waals surface area contributed by atoms with Crippen molar-refractivity contribution in [3.05, 3.63) is 0 Å². The van der Waals surface area contributed by atoms with Crippen molar-refractivity contribution in [3.8, 4) is 0 Å². The predicted molar refractivity (Wildman–Crippen MR) is 313 cm³/mol. The van der Waals surface area contributed by atoms with Crippen molar-refractivity contribution in [3.63, 3.8) is 0 Å². The number of carbonyl (C=O) groups excluding carboxylic acids is 4. The zero-order valence-electron chi connectivity index (χ0n) is 54.5. The van der Waals surface area contributed by atoms with Crippen LogP contribution in [-0.4, -0.2) is 440 Å². The molecular weight excluding hydrogens is 1380 g/mol. The van der Waals surface area contributed by atoms with Gasteiger partial charge < -0.3 is 205 Å². The van der Waals surface area contributed by atoms with Crippen molar-refractivity contribution in [2.24, 2.45) is 0 Å². The monoisotopic (exact) mass is 1480 g/mol. The smallest absolute Gasteiger partial charge is 0.217 e. The Labute approximate surface area is 572 Å². The fraction of sp³-hybridized carbons (Fsp3) is 0.929. The molecule has 0 radical (unpaired) electrons. The van der Waals surface area contributed by atoms with Crippen LogP contribution in [0.4, 0.5) is 0 Å². The predicted octanol–water partition coefficient (Wildman–Crippen LogP) is -18.2. The molecule has 0 aromatic rings. The maximum absolute atomic E-state index is 12.8. The van der Waals surface area contributed by atoms with Crippen LogP contribution in [0.1, 0.15) is 27.7 Å². The molecule has 0 saturated carbocycles. The van der Waals surface area contributed by atoms with Gasteiger partial charge in [0.1, 0.15) is 189 Å². The lowest BCUT2D eigenvalue weighted by molar-refractivity contribution is -0.378. The summed E-state index contributed by atoms with van der Waals surface area (Å²) >= 11 is 0. The Morgan fingerprint density at radius 1 is 0.347 bits per heavy atom. The normalized spacial score (nSPS) is 45.0. The standard InChI is InChI=1S/C56H96N4O41/c1-14(68)57-18(5-61)45(30(73)19(72)12-88-50-27(58-15(2)69)35(78)46(23(9-65)93-50)98-53-41(84)38(81)31(74)20(6-62)90-53)97-55-43(86)40(83)33(76)26(96-55)13-89-51-28(59-16(3)70)36(79)47(24(10-66)94-51)100-56-44(87)49(34(77)22(8-64)92-56)101-52-29(60-17(4)71)37(80)48(25(11-67)95-52)99-54-42(85)39(82)32(75)21(7-63)91-54/h18-56,61-67,72-87H,5-13H2,1-4H3,(H,57,68)(H,58,69)(H,59,70)(H,60,71)/t18-,19+,20+,21+,22+,23+,24+,25+,26+,27+,28+,29+,30-,31-,32-,33-,34-,35+,36+,37+,38-,39-,40-,41+,42+,43+,44+,45+,46+,47+,48+,49-,50+,51+,52-,53-,54-,55-,56-/m0/s1. The third-order valence-electron chi connectivity index (χ3n) is 17.9. The van der Waals surface area contributed by atoms with Crippen LogP contribution in [0.5, 0.6) is 0 Å². The lowest BCUT2D eigenvalue weighted by Crippen LogP contribution is -2.70. The molecule has 0 bridgehead atoms. The van der Waals surface area contributed by atoms with Gasteiger partial charge in [0.25, 0.3) is 0 Å². The van der Waals surface area contributed by atoms with Gasteiger partial charge >= 0.3 is 0 Å². The van der Waals surface area contributed by atoms with Crippen LogP contribution in [0.15, 0.2) is 0 Å². The van der Waals surface area contributed by atoms with Gasteiger partial charge in [0.05, 0.1) is 65.5 Å². The van der Waals surface area contributed by atoms with Gasteiger partial charge in [-0.05, 0) is 0 Å². The molecule has 45 heteroatoms. The van der Waals surface area contributed by atoms with E-state index in [4.69, 9.17) is 66.3 Å². The number of aliphatic hydroxyl groups is 23. The molecule has 0 unspecified atom stereocenters. The Morgan fingerprint density at radius 3 is 1.06 bits per heavy atom. The van der Waals surface area contributed by atoms with E-state index in [0.29, 0.717) is 0 Å². The Morgan fingerprint density at radius 2 is 0.673 bits per heavy atom. The summed E-state index contributed by atoms with van der Waals surface area (Å²) < 4.78 is 80.5. The molecule has 7 saturated heterocycles. The van der Waals surface area contributed by atoms with Gasteiger partial charge in [-0.15, -0.1) is 0 Å². The zero-order chi connectivity index (χ0) is 74.9. The number of amides is 4. The first-order chi connectivity index (χ1) is 47.7. The molecule has 7 rings (SSSR count). The van der Waals surface area contributed by atoms with Crippen LogP contribution in [0.3, 0.4) is 0 Å². The van der Waals surface area contributed by atoms with E-state index in [0.717, 1.165) is 27.7 Å². The number of nitrogens with one attached hydrogen (secondary N) is 4. The summed E-state index contributed by atoms with van der Waals surface area (Å²) in [5, 5.41) is 259. The van der Waals surface area contributed by atoms with Crippen LogP contribution >= 0.6 is 0 Å².